The molecular weight excluding hydrogens is 377 g/mol. The van der Waals surface area contributed by atoms with Gasteiger partial charge in [0.25, 0.3) is 21.8 Å². The largest absolute Gasteiger partial charge is 0.512 e. The standard InChI is InChI=1S/C11H7F3N2O6S2/c12-11(13,14)24(21,22)15-23(19,20)8-3-1-7(2-4-8)16-9(17)5-6-10(16)18/h1-6,15H. The van der Waals surface area contributed by atoms with Crippen LogP contribution in [-0.2, 0) is 29.6 Å². The molecule has 24 heavy (non-hydrogen) atoms. The summed E-state index contributed by atoms with van der Waals surface area (Å²) in [6, 6.07) is 3.44. The Morgan fingerprint density at radius 2 is 1.33 bits per heavy atom. The van der Waals surface area contributed by atoms with Gasteiger partial charge in [0.1, 0.15) is 0 Å². The fourth-order valence-corrected chi connectivity index (χ4v) is 4.08. The molecule has 1 aromatic rings. The van der Waals surface area contributed by atoms with Gasteiger partial charge >= 0.3 is 15.5 Å². The fraction of sp³-hybridized carbons (Fsp3) is 0.0909. The van der Waals surface area contributed by atoms with E-state index in [1.54, 1.807) is 0 Å². The van der Waals surface area contributed by atoms with E-state index in [9.17, 15) is 39.6 Å². The number of halogens is 3. The summed E-state index contributed by atoms with van der Waals surface area (Å²) in [5.41, 5.74) is -5.84. The first-order valence-electron chi connectivity index (χ1n) is 5.86. The molecular formula is C11H7F3N2O6S2. The SMILES string of the molecule is O=C1C=CC(=O)N1c1ccc(S(=O)(=O)NS(=O)(=O)C(F)(F)F)cc1. The zero-order valence-corrected chi connectivity index (χ0v) is 12.9. The summed E-state index contributed by atoms with van der Waals surface area (Å²) in [5.74, 6) is -1.37. The molecule has 1 aliphatic rings. The molecule has 2 rings (SSSR count). The lowest BCUT2D eigenvalue weighted by Gasteiger charge is -2.14. The zero-order chi connectivity index (χ0) is 18.3. The van der Waals surface area contributed by atoms with Crippen molar-refractivity contribution in [2.75, 3.05) is 4.90 Å². The van der Waals surface area contributed by atoms with Gasteiger partial charge in [0.2, 0.25) is 0 Å². The van der Waals surface area contributed by atoms with E-state index < -0.39 is 42.3 Å². The van der Waals surface area contributed by atoms with Crippen LogP contribution in [0.2, 0.25) is 0 Å². The van der Waals surface area contributed by atoms with Crippen LogP contribution in [-0.4, -0.2) is 34.2 Å². The summed E-state index contributed by atoms with van der Waals surface area (Å²) >= 11 is 0. The lowest BCUT2D eigenvalue weighted by atomic mass is 10.3. The Kier molecular flexibility index (Phi) is 4.28. The van der Waals surface area contributed by atoms with Gasteiger partial charge in [0, 0.05) is 12.2 Å². The lowest BCUT2D eigenvalue weighted by molar-refractivity contribution is -0.120. The molecule has 0 aromatic heterocycles. The molecule has 0 radical (unpaired) electrons. The Morgan fingerprint density at radius 1 is 0.875 bits per heavy atom. The molecule has 0 unspecified atom stereocenters. The third kappa shape index (κ3) is 3.32. The minimum Gasteiger partial charge on any atom is -0.269 e. The van der Waals surface area contributed by atoms with Crippen molar-refractivity contribution in [3.63, 3.8) is 0 Å². The van der Waals surface area contributed by atoms with Crippen LogP contribution in [0.25, 0.3) is 0 Å². The minimum absolute atomic E-state index is 0.0346. The molecule has 0 spiro atoms. The van der Waals surface area contributed by atoms with Crippen molar-refractivity contribution >= 4 is 37.5 Å². The van der Waals surface area contributed by atoms with Crippen LogP contribution in [0.3, 0.4) is 0 Å². The van der Waals surface area contributed by atoms with Crippen molar-refractivity contribution in [1.82, 2.24) is 4.13 Å². The van der Waals surface area contributed by atoms with Crippen molar-refractivity contribution in [3.05, 3.63) is 36.4 Å². The maximum absolute atomic E-state index is 12.2. The van der Waals surface area contributed by atoms with Crippen molar-refractivity contribution in [1.29, 1.82) is 0 Å². The average Bonchev–Trinajstić information content (AvgIpc) is 2.76. The average molecular weight is 384 g/mol. The molecule has 0 saturated carbocycles. The maximum Gasteiger partial charge on any atom is 0.512 e. The molecule has 0 aliphatic carbocycles. The summed E-state index contributed by atoms with van der Waals surface area (Å²) in [6.07, 6.45) is 1.95. The van der Waals surface area contributed by atoms with E-state index in [0.717, 1.165) is 36.4 Å². The number of nitrogens with one attached hydrogen (secondary N) is 1. The highest BCUT2D eigenvalue weighted by atomic mass is 32.3. The Labute approximate surface area is 133 Å². The number of hydrogen-bond donors (Lipinski definition) is 1. The number of rotatable bonds is 4. The van der Waals surface area contributed by atoms with Gasteiger partial charge in [-0.15, -0.1) is 0 Å². The number of carbonyl (C=O) groups excluding carboxylic acids is 2. The van der Waals surface area contributed by atoms with Crippen molar-refractivity contribution in [2.45, 2.75) is 10.4 Å². The van der Waals surface area contributed by atoms with Gasteiger partial charge in [-0.25, -0.2) is 21.7 Å². The van der Waals surface area contributed by atoms with Crippen LogP contribution in [0.1, 0.15) is 0 Å². The molecule has 0 bridgehead atoms. The number of anilines is 1. The van der Waals surface area contributed by atoms with Gasteiger partial charge < -0.3 is 0 Å². The summed E-state index contributed by atoms with van der Waals surface area (Å²) in [5, 5.41) is 0. The minimum atomic E-state index is -6.11. The van der Waals surface area contributed by atoms with Crippen LogP contribution in [0.15, 0.2) is 41.3 Å². The second-order valence-corrected chi connectivity index (χ2v) is 7.99. The first kappa shape index (κ1) is 18.1. The molecule has 1 aromatic carbocycles. The van der Waals surface area contributed by atoms with Gasteiger partial charge in [0.15, 0.2) is 0 Å². The number of sulfonamides is 2. The third-order valence-corrected chi connectivity index (χ3v) is 6.00. The van der Waals surface area contributed by atoms with E-state index in [0.29, 0.717) is 9.03 Å². The molecule has 8 nitrogen and oxygen atoms in total. The molecule has 130 valence electrons. The van der Waals surface area contributed by atoms with Gasteiger partial charge in [0.05, 0.1) is 10.6 Å². The molecule has 1 heterocycles. The highest BCUT2D eigenvalue weighted by molar-refractivity contribution is 8.05. The molecule has 0 saturated heterocycles. The molecule has 1 N–H and O–H groups in total. The summed E-state index contributed by atoms with van der Waals surface area (Å²) in [7, 11) is -11.1. The maximum atomic E-state index is 12.2. The molecule has 2 amide bonds. The number of imide groups is 1. The number of amides is 2. The number of benzene rings is 1. The molecule has 0 fully saturated rings. The third-order valence-electron chi connectivity index (χ3n) is 2.74. The molecule has 0 atom stereocenters. The second-order valence-electron chi connectivity index (χ2n) is 4.38. The lowest BCUT2D eigenvalue weighted by Crippen LogP contribution is -2.40. The Balaban J connectivity index is 2.31. The molecule has 13 heteroatoms. The van der Waals surface area contributed by atoms with Crippen LogP contribution in [0.5, 0.6) is 0 Å². The van der Waals surface area contributed by atoms with Gasteiger partial charge in [-0.1, -0.05) is 4.13 Å². The van der Waals surface area contributed by atoms with Crippen molar-refractivity contribution < 1.29 is 39.6 Å². The van der Waals surface area contributed by atoms with E-state index in [4.69, 9.17) is 0 Å². The van der Waals surface area contributed by atoms with E-state index in [2.05, 4.69) is 0 Å². The summed E-state index contributed by atoms with van der Waals surface area (Å²) in [4.78, 5) is 22.8. The quantitative estimate of drug-likeness (QED) is 0.744. The number of nitrogens with zero attached hydrogens (tertiary/aromatic N) is 1. The van der Waals surface area contributed by atoms with E-state index >= 15 is 0 Å². The van der Waals surface area contributed by atoms with E-state index in [-0.39, 0.29) is 5.69 Å². The van der Waals surface area contributed by atoms with Crippen LogP contribution in [0, 0.1) is 0 Å². The fourth-order valence-electron chi connectivity index (χ4n) is 1.67. The monoisotopic (exact) mass is 384 g/mol. The van der Waals surface area contributed by atoms with Crippen LogP contribution in [0.4, 0.5) is 18.9 Å². The molecule has 1 aliphatic heterocycles. The first-order valence-corrected chi connectivity index (χ1v) is 8.83. The Bertz CT molecular complexity index is 915. The van der Waals surface area contributed by atoms with Crippen molar-refractivity contribution in [2.24, 2.45) is 0 Å². The Morgan fingerprint density at radius 3 is 1.75 bits per heavy atom. The van der Waals surface area contributed by atoms with Crippen molar-refractivity contribution in [3.8, 4) is 0 Å². The second kappa shape index (κ2) is 5.68. The topological polar surface area (TPSA) is 118 Å². The Hall–Kier alpha value is -2.25. The van der Waals surface area contributed by atoms with Gasteiger partial charge in [-0.2, -0.15) is 13.2 Å². The zero-order valence-electron chi connectivity index (χ0n) is 11.3. The van der Waals surface area contributed by atoms with E-state index in [1.807, 2.05) is 0 Å². The predicted octanol–water partition coefficient (Wildman–Crippen LogP) is 0.244. The summed E-state index contributed by atoms with van der Waals surface area (Å²) < 4.78 is 82.4. The number of hydrogen-bond acceptors (Lipinski definition) is 6. The smallest absolute Gasteiger partial charge is 0.269 e. The summed E-state index contributed by atoms with van der Waals surface area (Å²) in [6.45, 7) is 0. The normalized spacial score (nSPS) is 16.0. The van der Waals surface area contributed by atoms with Crippen LogP contribution >= 0.6 is 0 Å². The highest BCUT2D eigenvalue weighted by Crippen LogP contribution is 2.25. The highest BCUT2D eigenvalue weighted by Gasteiger charge is 2.48. The number of carbonyl (C=O) groups is 2. The van der Waals surface area contributed by atoms with Gasteiger partial charge in [-0.05, 0) is 24.3 Å². The van der Waals surface area contributed by atoms with Gasteiger partial charge in [-0.3, -0.25) is 9.59 Å². The predicted molar refractivity (Wildman–Crippen MR) is 73.4 cm³/mol. The van der Waals surface area contributed by atoms with E-state index in [1.165, 1.54) is 0 Å². The van der Waals surface area contributed by atoms with Crippen LogP contribution < -0.4 is 9.03 Å². The number of alkyl halides is 3. The first-order chi connectivity index (χ1) is 10.8.